The topological polar surface area (TPSA) is 141 Å². The van der Waals surface area contributed by atoms with Crippen LogP contribution < -0.4 is 20.6 Å². The third-order valence-electron chi connectivity index (χ3n) is 3.20. The molecule has 0 heterocycles. The number of methoxy groups -OCH3 is 1. The van der Waals surface area contributed by atoms with Gasteiger partial charge in [0, 0.05) is 0 Å². The molecule has 0 saturated heterocycles. The Morgan fingerprint density at radius 2 is 1.97 bits per heavy atom. The average molecular weight is 428 g/mol. The van der Waals surface area contributed by atoms with Gasteiger partial charge in [-0.3, -0.25) is 0 Å². The van der Waals surface area contributed by atoms with Crippen molar-refractivity contribution in [3.8, 4) is 11.5 Å². The normalized spacial score (nSPS) is 11.4. The van der Waals surface area contributed by atoms with Gasteiger partial charge in [-0.2, -0.15) is 5.10 Å². The Morgan fingerprint density at radius 1 is 1.28 bits per heavy atom. The van der Waals surface area contributed by atoms with Gasteiger partial charge in [0.05, 0.1) is 23.9 Å². The van der Waals surface area contributed by atoms with E-state index in [0.717, 1.165) is 0 Å². The first-order valence-electron chi connectivity index (χ1n) is 7.53. The molecule has 0 unspecified atom stereocenters. The first-order valence-corrected chi connectivity index (χ1v) is 7.91. The van der Waals surface area contributed by atoms with Crippen LogP contribution in [0.1, 0.15) is 15.9 Å². The zero-order valence-electron chi connectivity index (χ0n) is 14.6. The molecule has 0 saturated carbocycles. The molecule has 13 heteroatoms. The van der Waals surface area contributed by atoms with Crippen LogP contribution in [0.25, 0.3) is 0 Å². The van der Waals surface area contributed by atoms with Crippen LogP contribution in [0.2, 0.25) is 5.02 Å². The first-order chi connectivity index (χ1) is 13.7. The minimum absolute atomic E-state index is 0.0298. The Kier molecular flexibility index (Phi) is 6.98. The largest absolute Gasteiger partial charge is 0.493 e. The summed E-state index contributed by atoms with van der Waals surface area (Å²) in [7, 11) is 1.30. The Bertz CT molecular complexity index is 1020. The standard InChI is InChI=1S/C16H12ClF2N5O5/c1-28-14-4-8(7-21-22-16(20)23-24(26)27)2-3-13(14)29-15(25)9-5-11(18)12(19)6-10(9)17/h2-7H,1H3,(H3,20,22,23)/b21-7+. The summed E-state index contributed by atoms with van der Waals surface area (Å²) in [6.45, 7) is 0. The van der Waals surface area contributed by atoms with E-state index < -0.39 is 28.6 Å². The van der Waals surface area contributed by atoms with E-state index in [1.807, 2.05) is 0 Å². The monoisotopic (exact) mass is 427 g/mol. The minimum Gasteiger partial charge on any atom is -0.493 e. The maximum absolute atomic E-state index is 13.4. The summed E-state index contributed by atoms with van der Waals surface area (Å²) < 4.78 is 36.7. The maximum Gasteiger partial charge on any atom is 0.345 e. The number of nitrogens with two attached hydrogens (primary N) is 1. The lowest BCUT2D eigenvalue weighted by Crippen LogP contribution is -2.28. The second kappa shape index (κ2) is 9.41. The summed E-state index contributed by atoms with van der Waals surface area (Å²) in [5, 5.41) is 15.3. The van der Waals surface area contributed by atoms with Gasteiger partial charge in [0.2, 0.25) is 0 Å². The van der Waals surface area contributed by atoms with Gasteiger partial charge < -0.3 is 15.2 Å². The Balaban J connectivity index is 2.18. The molecule has 2 rings (SSSR count). The molecule has 0 aromatic heterocycles. The van der Waals surface area contributed by atoms with E-state index in [2.05, 4.69) is 15.6 Å². The van der Waals surface area contributed by atoms with Gasteiger partial charge in [-0.15, -0.1) is 0 Å². The van der Waals surface area contributed by atoms with E-state index in [4.69, 9.17) is 26.8 Å². The predicted octanol–water partition coefficient (Wildman–Crippen LogP) is 2.28. The number of nitrogens with zero attached hydrogens (tertiary/aromatic N) is 3. The van der Waals surface area contributed by atoms with Crippen molar-refractivity contribution in [3.05, 3.63) is 68.2 Å². The van der Waals surface area contributed by atoms with Crippen LogP contribution in [0.3, 0.4) is 0 Å². The third-order valence-corrected chi connectivity index (χ3v) is 3.52. The smallest absolute Gasteiger partial charge is 0.345 e. The third kappa shape index (κ3) is 5.84. The predicted molar refractivity (Wildman–Crippen MR) is 98.7 cm³/mol. The van der Waals surface area contributed by atoms with Crippen LogP contribution >= 0.6 is 11.6 Å². The fourth-order valence-corrected chi connectivity index (χ4v) is 2.19. The van der Waals surface area contributed by atoms with Gasteiger partial charge >= 0.3 is 5.97 Å². The molecule has 0 bridgehead atoms. The lowest BCUT2D eigenvalue weighted by atomic mass is 10.2. The fraction of sp³-hybridized carbons (Fsp3) is 0.0625. The Morgan fingerprint density at radius 3 is 2.62 bits per heavy atom. The van der Waals surface area contributed by atoms with E-state index >= 15 is 0 Å². The summed E-state index contributed by atoms with van der Waals surface area (Å²) in [5.74, 6) is -3.95. The van der Waals surface area contributed by atoms with Gasteiger partial charge in [0.25, 0.3) is 5.96 Å². The molecule has 10 nitrogen and oxygen atoms in total. The van der Waals surface area contributed by atoms with E-state index in [1.54, 1.807) is 0 Å². The van der Waals surface area contributed by atoms with Crippen LogP contribution in [0.5, 0.6) is 11.5 Å². The molecule has 2 aromatic rings. The second-order valence-corrected chi connectivity index (χ2v) is 5.55. The number of esters is 1. The van der Waals surface area contributed by atoms with Crippen molar-refractivity contribution in [2.45, 2.75) is 0 Å². The zero-order chi connectivity index (χ0) is 21.6. The quantitative estimate of drug-likeness (QED) is 0.137. The van der Waals surface area contributed by atoms with Crippen molar-refractivity contribution in [2.75, 3.05) is 7.11 Å². The van der Waals surface area contributed by atoms with Gasteiger partial charge in [0.15, 0.2) is 28.2 Å². The van der Waals surface area contributed by atoms with Gasteiger partial charge in [-0.25, -0.2) is 29.1 Å². The fourth-order valence-electron chi connectivity index (χ4n) is 1.97. The molecule has 0 aliphatic heterocycles. The van der Waals surface area contributed by atoms with E-state index in [0.29, 0.717) is 17.7 Å². The van der Waals surface area contributed by atoms with Gasteiger partial charge in [-0.1, -0.05) is 11.6 Å². The number of halogens is 3. The number of guanidine groups is 1. The van der Waals surface area contributed by atoms with E-state index in [-0.39, 0.29) is 22.1 Å². The number of hydrogen-bond acceptors (Lipinski definition) is 6. The highest BCUT2D eigenvalue weighted by atomic mass is 35.5. The van der Waals surface area contributed by atoms with Gasteiger partial charge in [0.1, 0.15) is 5.10 Å². The van der Waals surface area contributed by atoms with Crippen LogP contribution in [-0.4, -0.2) is 30.3 Å². The summed E-state index contributed by atoms with van der Waals surface area (Å²) in [5.41, 5.74) is 7.40. The van der Waals surface area contributed by atoms with Gasteiger partial charge in [-0.05, 0) is 35.9 Å². The lowest BCUT2D eigenvalue weighted by Gasteiger charge is -2.11. The van der Waals surface area contributed by atoms with E-state index in [1.165, 1.54) is 31.5 Å². The first kappa shape index (κ1) is 21.5. The molecule has 29 heavy (non-hydrogen) atoms. The number of hydrogen-bond donors (Lipinski definition) is 2. The number of ether oxygens (including phenoxy) is 2. The van der Waals surface area contributed by atoms with Crippen LogP contribution in [0.4, 0.5) is 8.78 Å². The molecule has 0 fully saturated rings. The van der Waals surface area contributed by atoms with Crippen molar-refractivity contribution in [3.63, 3.8) is 0 Å². The molecule has 0 spiro atoms. The van der Waals surface area contributed by atoms with Crippen molar-refractivity contribution >= 4 is 29.7 Å². The summed E-state index contributed by atoms with van der Waals surface area (Å²) >= 11 is 5.75. The molecule has 0 atom stereocenters. The molecular formula is C16H12ClF2N5O5. The number of nitrogens with one attached hydrogen (secondary N) is 1. The summed E-state index contributed by atoms with van der Waals surface area (Å²) in [4.78, 5) is 22.4. The molecule has 0 amide bonds. The lowest BCUT2D eigenvalue weighted by molar-refractivity contribution is -0.485. The number of hydrazone groups is 2. The molecular weight excluding hydrogens is 416 g/mol. The van der Waals surface area contributed by atoms with Crippen LogP contribution in [-0.2, 0) is 0 Å². The molecule has 0 aliphatic rings. The Labute approximate surface area is 166 Å². The SMILES string of the molecule is COc1cc(/C=N/N/C(N)=N\[N+](=O)[O-])ccc1OC(=O)c1cc(F)c(F)cc1Cl. The Hall–Kier alpha value is -3.80. The molecule has 152 valence electrons. The van der Waals surface area contributed by atoms with Crippen LogP contribution in [0, 0.1) is 21.7 Å². The average Bonchev–Trinajstić information content (AvgIpc) is 2.65. The highest BCUT2D eigenvalue weighted by molar-refractivity contribution is 6.33. The second-order valence-electron chi connectivity index (χ2n) is 5.14. The summed E-state index contributed by atoms with van der Waals surface area (Å²) in [6, 6.07) is 5.51. The molecule has 3 N–H and O–H groups in total. The number of benzene rings is 2. The molecule has 0 radical (unpaired) electrons. The zero-order valence-corrected chi connectivity index (χ0v) is 15.3. The molecule has 2 aromatic carbocycles. The van der Waals surface area contributed by atoms with Crippen molar-refractivity contribution in [2.24, 2.45) is 15.9 Å². The van der Waals surface area contributed by atoms with Crippen molar-refractivity contribution < 1.29 is 28.1 Å². The number of carbonyl (C=O) groups excluding carboxylic acids is 1. The number of rotatable bonds is 6. The summed E-state index contributed by atoms with van der Waals surface area (Å²) in [6.07, 6.45) is 1.24. The molecule has 0 aliphatic carbocycles. The van der Waals surface area contributed by atoms with Crippen molar-refractivity contribution in [1.29, 1.82) is 0 Å². The number of carbonyl (C=O) groups is 1. The van der Waals surface area contributed by atoms with Crippen molar-refractivity contribution in [1.82, 2.24) is 5.43 Å². The van der Waals surface area contributed by atoms with Crippen LogP contribution in [0.15, 0.2) is 40.5 Å². The minimum atomic E-state index is -1.26. The maximum atomic E-state index is 13.4. The number of nitro groups is 1. The highest BCUT2D eigenvalue weighted by Crippen LogP contribution is 2.29. The van der Waals surface area contributed by atoms with E-state index in [9.17, 15) is 23.7 Å². The highest BCUT2D eigenvalue weighted by Gasteiger charge is 2.18.